The Kier molecular flexibility index (Phi) is 5.79. The first-order valence-electron chi connectivity index (χ1n) is 8.74. The van der Waals surface area contributed by atoms with E-state index >= 15 is 0 Å². The molecule has 5 heteroatoms. The highest BCUT2D eigenvalue weighted by molar-refractivity contribution is 5.86. The maximum Gasteiger partial charge on any atom is 0.220 e. The average molecular weight is 352 g/mol. The number of hydrogen-bond donors (Lipinski definition) is 1. The van der Waals surface area contributed by atoms with E-state index in [2.05, 4.69) is 9.88 Å². The quantitative estimate of drug-likeness (QED) is 0.630. The van der Waals surface area contributed by atoms with Crippen LogP contribution in [0.15, 0.2) is 54.7 Å². The third kappa shape index (κ3) is 4.36. The van der Waals surface area contributed by atoms with Crippen LogP contribution in [0, 0.1) is 0 Å². The fourth-order valence-corrected chi connectivity index (χ4v) is 2.94. The van der Waals surface area contributed by atoms with Gasteiger partial charge in [-0.25, -0.2) is 0 Å². The zero-order chi connectivity index (χ0) is 18.4. The van der Waals surface area contributed by atoms with Crippen LogP contribution in [-0.4, -0.2) is 24.2 Å². The van der Waals surface area contributed by atoms with Crippen molar-refractivity contribution in [3.63, 3.8) is 0 Å². The Morgan fingerprint density at radius 1 is 1.12 bits per heavy atom. The maximum atomic E-state index is 12.1. The van der Waals surface area contributed by atoms with E-state index in [0.29, 0.717) is 26.0 Å². The third-order valence-corrected chi connectivity index (χ3v) is 4.32. The molecule has 2 aromatic carbocycles. The van der Waals surface area contributed by atoms with Crippen LogP contribution in [0.5, 0.6) is 11.5 Å². The van der Waals surface area contributed by atoms with E-state index in [4.69, 9.17) is 9.47 Å². The van der Waals surface area contributed by atoms with Gasteiger partial charge in [0.2, 0.25) is 5.91 Å². The van der Waals surface area contributed by atoms with Crippen LogP contribution in [0.2, 0.25) is 0 Å². The molecular weight excluding hydrogens is 328 g/mol. The predicted molar refractivity (Wildman–Crippen MR) is 102 cm³/mol. The monoisotopic (exact) mass is 352 g/mol. The fourth-order valence-electron chi connectivity index (χ4n) is 2.94. The minimum absolute atomic E-state index is 0.0292. The van der Waals surface area contributed by atoms with Crippen LogP contribution < -0.4 is 14.8 Å². The Labute approximate surface area is 153 Å². The molecule has 3 rings (SSSR count). The summed E-state index contributed by atoms with van der Waals surface area (Å²) in [6, 6.07) is 15.6. The summed E-state index contributed by atoms with van der Waals surface area (Å²) in [6.07, 6.45) is 3.17. The molecule has 0 bridgehead atoms. The molecule has 0 saturated carbocycles. The van der Waals surface area contributed by atoms with E-state index in [1.54, 1.807) is 7.11 Å². The summed E-state index contributed by atoms with van der Waals surface area (Å²) in [5.74, 6) is 1.67. The number of amides is 1. The molecule has 3 aromatic rings. The molecule has 0 aliphatic heterocycles. The number of methoxy groups -OCH3 is 1. The van der Waals surface area contributed by atoms with Crippen LogP contribution >= 0.6 is 0 Å². The number of aryl methyl sites for hydroxylation is 1. The number of rotatable bonds is 8. The van der Waals surface area contributed by atoms with Crippen molar-refractivity contribution in [1.82, 2.24) is 9.88 Å². The molecule has 1 heterocycles. The first-order chi connectivity index (χ1) is 12.7. The Bertz CT molecular complexity index is 872. The van der Waals surface area contributed by atoms with Crippen LogP contribution in [-0.2, 0) is 18.4 Å². The maximum absolute atomic E-state index is 12.1. The van der Waals surface area contributed by atoms with Crippen LogP contribution in [0.4, 0.5) is 0 Å². The van der Waals surface area contributed by atoms with Gasteiger partial charge in [-0.05, 0) is 42.3 Å². The van der Waals surface area contributed by atoms with E-state index in [1.807, 2.05) is 61.8 Å². The summed E-state index contributed by atoms with van der Waals surface area (Å²) >= 11 is 0. The standard InChI is InChI=1S/C21H24N2O3/c1-23-15-16(19-13-18(25-2)10-11-20(19)23)14-22-21(24)9-6-12-26-17-7-4-3-5-8-17/h3-5,7-8,10-11,13,15H,6,9,12,14H2,1-2H3,(H,22,24). The summed E-state index contributed by atoms with van der Waals surface area (Å²) in [4.78, 5) is 12.1. The molecule has 1 N–H and O–H groups in total. The third-order valence-electron chi connectivity index (χ3n) is 4.32. The molecule has 1 aromatic heterocycles. The van der Waals surface area contributed by atoms with Gasteiger partial charge in [0.15, 0.2) is 0 Å². The van der Waals surface area contributed by atoms with E-state index < -0.39 is 0 Å². The van der Waals surface area contributed by atoms with Gasteiger partial charge in [-0.1, -0.05) is 18.2 Å². The molecule has 5 nitrogen and oxygen atoms in total. The molecule has 0 spiro atoms. The van der Waals surface area contributed by atoms with Crippen molar-refractivity contribution in [2.24, 2.45) is 7.05 Å². The number of nitrogens with zero attached hydrogens (tertiary/aromatic N) is 1. The molecule has 0 atom stereocenters. The summed E-state index contributed by atoms with van der Waals surface area (Å²) in [6.45, 7) is 1.03. The molecule has 0 aliphatic rings. The van der Waals surface area contributed by atoms with Gasteiger partial charge in [0.1, 0.15) is 11.5 Å². The molecule has 0 saturated heterocycles. The van der Waals surface area contributed by atoms with Crippen molar-refractivity contribution >= 4 is 16.8 Å². The van der Waals surface area contributed by atoms with Gasteiger partial charge in [0, 0.05) is 37.1 Å². The Balaban J connectivity index is 1.49. The normalized spacial score (nSPS) is 10.7. The Morgan fingerprint density at radius 2 is 1.92 bits per heavy atom. The summed E-state index contributed by atoms with van der Waals surface area (Å²) in [5, 5.41) is 4.09. The molecule has 0 fully saturated rings. The van der Waals surface area contributed by atoms with Crippen molar-refractivity contribution in [2.45, 2.75) is 19.4 Å². The number of hydrogen-bond acceptors (Lipinski definition) is 3. The second-order valence-corrected chi connectivity index (χ2v) is 6.19. The van der Waals surface area contributed by atoms with Crippen molar-refractivity contribution < 1.29 is 14.3 Å². The highest BCUT2D eigenvalue weighted by Crippen LogP contribution is 2.25. The first kappa shape index (κ1) is 17.9. The molecule has 26 heavy (non-hydrogen) atoms. The topological polar surface area (TPSA) is 52.5 Å². The van der Waals surface area contributed by atoms with Gasteiger partial charge in [0.05, 0.1) is 13.7 Å². The number of carbonyl (C=O) groups excluding carboxylic acids is 1. The summed E-state index contributed by atoms with van der Waals surface area (Å²) in [7, 11) is 3.66. The molecule has 0 unspecified atom stereocenters. The number of nitrogens with one attached hydrogen (secondary N) is 1. The molecular formula is C21H24N2O3. The lowest BCUT2D eigenvalue weighted by molar-refractivity contribution is -0.121. The zero-order valence-electron chi connectivity index (χ0n) is 15.2. The number of para-hydroxylation sites is 1. The fraction of sp³-hybridized carbons (Fsp3) is 0.286. The lowest BCUT2D eigenvalue weighted by Crippen LogP contribution is -2.22. The highest BCUT2D eigenvalue weighted by atomic mass is 16.5. The van der Waals surface area contributed by atoms with Crippen molar-refractivity contribution in [3.8, 4) is 11.5 Å². The van der Waals surface area contributed by atoms with Crippen LogP contribution in [0.25, 0.3) is 10.9 Å². The Hall–Kier alpha value is -2.95. The van der Waals surface area contributed by atoms with Gasteiger partial charge in [-0.3, -0.25) is 4.79 Å². The minimum atomic E-state index is 0.0292. The lowest BCUT2D eigenvalue weighted by atomic mass is 10.1. The highest BCUT2D eigenvalue weighted by Gasteiger charge is 2.09. The molecule has 136 valence electrons. The number of fused-ring (bicyclic) bond motifs is 1. The van der Waals surface area contributed by atoms with E-state index in [1.165, 1.54) is 0 Å². The second-order valence-electron chi connectivity index (χ2n) is 6.19. The molecule has 0 radical (unpaired) electrons. The average Bonchev–Trinajstić information content (AvgIpc) is 2.99. The van der Waals surface area contributed by atoms with E-state index in [-0.39, 0.29) is 5.91 Å². The Morgan fingerprint density at radius 3 is 2.69 bits per heavy atom. The minimum Gasteiger partial charge on any atom is -0.497 e. The van der Waals surface area contributed by atoms with Gasteiger partial charge in [-0.2, -0.15) is 0 Å². The van der Waals surface area contributed by atoms with Crippen LogP contribution in [0.3, 0.4) is 0 Å². The first-order valence-corrected chi connectivity index (χ1v) is 8.74. The smallest absolute Gasteiger partial charge is 0.220 e. The number of benzene rings is 2. The number of aromatic nitrogens is 1. The van der Waals surface area contributed by atoms with Gasteiger partial charge >= 0.3 is 0 Å². The molecule has 1 amide bonds. The van der Waals surface area contributed by atoms with Gasteiger partial charge in [-0.15, -0.1) is 0 Å². The summed E-state index contributed by atoms with van der Waals surface area (Å²) < 4.78 is 13.0. The van der Waals surface area contributed by atoms with Crippen LogP contribution in [0.1, 0.15) is 18.4 Å². The summed E-state index contributed by atoms with van der Waals surface area (Å²) in [5.41, 5.74) is 2.20. The van der Waals surface area contributed by atoms with Gasteiger partial charge < -0.3 is 19.4 Å². The van der Waals surface area contributed by atoms with Gasteiger partial charge in [0.25, 0.3) is 0 Å². The predicted octanol–water partition coefficient (Wildman–Crippen LogP) is 3.66. The van der Waals surface area contributed by atoms with Crippen molar-refractivity contribution in [2.75, 3.05) is 13.7 Å². The number of carbonyl (C=O) groups is 1. The number of ether oxygens (including phenoxy) is 2. The molecule has 0 aliphatic carbocycles. The second kappa shape index (κ2) is 8.43. The van der Waals surface area contributed by atoms with E-state index in [0.717, 1.165) is 28.0 Å². The van der Waals surface area contributed by atoms with E-state index in [9.17, 15) is 4.79 Å². The largest absolute Gasteiger partial charge is 0.497 e. The lowest BCUT2D eigenvalue weighted by Gasteiger charge is -2.07. The zero-order valence-corrected chi connectivity index (χ0v) is 15.2. The van der Waals surface area contributed by atoms with Crippen molar-refractivity contribution in [1.29, 1.82) is 0 Å². The SMILES string of the molecule is COc1ccc2c(c1)c(CNC(=O)CCCOc1ccccc1)cn2C. The van der Waals surface area contributed by atoms with Crippen molar-refractivity contribution in [3.05, 3.63) is 60.3 Å².